The number of rotatable bonds is 7. The number of hydrogen-bond acceptors (Lipinski definition) is 2. The van der Waals surface area contributed by atoms with Gasteiger partial charge in [-0.15, -0.1) is 0 Å². The van der Waals surface area contributed by atoms with Crippen LogP contribution in [0.1, 0.15) is 29.2 Å². The molecule has 1 atom stereocenters. The zero-order valence-corrected chi connectivity index (χ0v) is 16.9. The molecule has 5 heteroatoms. The third-order valence-electron chi connectivity index (χ3n) is 4.81. The van der Waals surface area contributed by atoms with Gasteiger partial charge >= 0.3 is 0 Å². The quantitative estimate of drug-likeness (QED) is 0.702. The van der Waals surface area contributed by atoms with Crippen molar-refractivity contribution in [3.8, 4) is 0 Å². The zero-order valence-electron chi connectivity index (χ0n) is 16.9. The zero-order chi connectivity index (χ0) is 20.0. The Morgan fingerprint density at radius 3 is 2.15 bits per heavy atom. The number of hydrogen-bond donors (Lipinski definition) is 3. The number of amides is 2. The predicted octanol–water partition coefficient (Wildman–Crippen LogP) is 2.27. The minimum atomic E-state index is -0.0980. The molecular weight excluding hydrogens is 338 g/mol. The van der Waals surface area contributed by atoms with Crippen LogP contribution in [0.4, 0.5) is 11.4 Å². The Kier molecular flexibility index (Phi) is 7.13. The number of nitrogens with one attached hydrogen (secondary N) is 3. The second-order valence-electron chi connectivity index (χ2n) is 7.12. The normalized spacial score (nSPS) is 11.7. The van der Waals surface area contributed by atoms with E-state index in [4.69, 9.17) is 0 Å². The van der Waals surface area contributed by atoms with Gasteiger partial charge in [-0.3, -0.25) is 9.59 Å². The molecule has 0 fully saturated rings. The lowest BCUT2D eigenvalue weighted by Gasteiger charge is -2.17. The number of aryl methyl sites for hydroxylation is 3. The first-order chi connectivity index (χ1) is 12.8. The van der Waals surface area contributed by atoms with Crippen LogP contribution >= 0.6 is 0 Å². The van der Waals surface area contributed by atoms with E-state index in [1.807, 2.05) is 64.2 Å². The lowest BCUT2D eigenvalue weighted by atomic mass is 10.1. The molecule has 0 saturated carbocycles. The molecule has 3 N–H and O–H groups in total. The van der Waals surface area contributed by atoms with Crippen LogP contribution in [0.5, 0.6) is 0 Å². The van der Waals surface area contributed by atoms with E-state index in [0.29, 0.717) is 0 Å². The van der Waals surface area contributed by atoms with E-state index in [0.717, 1.165) is 44.9 Å². The van der Waals surface area contributed by atoms with Crippen molar-refractivity contribution in [1.82, 2.24) is 0 Å². The summed E-state index contributed by atoms with van der Waals surface area (Å²) in [7, 11) is 1.85. The summed E-state index contributed by atoms with van der Waals surface area (Å²) >= 11 is 0. The molecule has 27 heavy (non-hydrogen) atoms. The van der Waals surface area contributed by atoms with E-state index in [1.165, 1.54) is 0 Å². The number of carbonyl (C=O) groups excluding carboxylic acids is 2. The fourth-order valence-corrected chi connectivity index (χ4v) is 3.08. The van der Waals surface area contributed by atoms with E-state index in [1.54, 1.807) is 0 Å². The van der Waals surface area contributed by atoms with Gasteiger partial charge in [0.25, 0.3) is 11.8 Å². The SMILES string of the molecule is CCc1cccc(C)c1NC(=O)C[NH+](C)CC(=O)Nc1cccc(C)c1C. The van der Waals surface area contributed by atoms with Gasteiger partial charge in [-0.1, -0.05) is 37.3 Å². The second kappa shape index (κ2) is 9.33. The number of carbonyl (C=O) groups is 2. The Labute approximate surface area is 161 Å². The van der Waals surface area contributed by atoms with Gasteiger partial charge in [0.1, 0.15) is 0 Å². The molecule has 0 bridgehead atoms. The van der Waals surface area contributed by atoms with E-state index < -0.39 is 0 Å². The average Bonchev–Trinajstić information content (AvgIpc) is 2.60. The Bertz CT molecular complexity index is 830. The maximum absolute atomic E-state index is 12.4. The lowest BCUT2D eigenvalue weighted by Crippen LogP contribution is -3.11. The molecular formula is C22H30N3O2+. The van der Waals surface area contributed by atoms with Crippen molar-refractivity contribution in [2.75, 3.05) is 30.8 Å². The summed E-state index contributed by atoms with van der Waals surface area (Å²) in [4.78, 5) is 25.6. The number of quaternary nitrogens is 1. The van der Waals surface area contributed by atoms with Crippen molar-refractivity contribution < 1.29 is 14.5 Å². The third kappa shape index (κ3) is 5.66. The number of benzene rings is 2. The summed E-state index contributed by atoms with van der Waals surface area (Å²) < 4.78 is 0. The predicted molar refractivity (Wildman–Crippen MR) is 110 cm³/mol. The minimum Gasteiger partial charge on any atom is -0.322 e. The minimum absolute atomic E-state index is 0.0870. The highest BCUT2D eigenvalue weighted by atomic mass is 16.2. The van der Waals surface area contributed by atoms with Crippen LogP contribution in [-0.2, 0) is 16.0 Å². The molecule has 0 aliphatic carbocycles. The first-order valence-corrected chi connectivity index (χ1v) is 9.37. The van der Waals surface area contributed by atoms with Crippen molar-refractivity contribution in [1.29, 1.82) is 0 Å². The largest absolute Gasteiger partial charge is 0.322 e. The summed E-state index contributed by atoms with van der Waals surface area (Å²) in [5, 5.41) is 5.95. The van der Waals surface area contributed by atoms with Crippen LogP contribution < -0.4 is 15.5 Å². The molecule has 0 heterocycles. The number of likely N-dealkylation sites (N-methyl/N-ethyl adjacent to an activating group) is 1. The van der Waals surface area contributed by atoms with E-state index in [-0.39, 0.29) is 24.9 Å². The Balaban J connectivity index is 1.91. The van der Waals surface area contributed by atoms with Gasteiger partial charge in [0.15, 0.2) is 13.1 Å². The van der Waals surface area contributed by atoms with Gasteiger partial charge in [0, 0.05) is 11.4 Å². The second-order valence-corrected chi connectivity index (χ2v) is 7.12. The standard InChI is InChI=1S/C22H29N3O2/c1-6-18-11-7-10-16(3)22(18)24-21(27)14-25(5)13-20(26)23-19-12-8-9-15(2)17(19)4/h7-12H,6,13-14H2,1-5H3,(H,23,26)(H,24,27)/p+1. The van der Waals surface area contributed by atoms with Crippen LogP contribution in [0.15, 0.2) is 36.4 Å². The van der Waals surface area contributed by atoms with Crippen LogP contribution in [0.3, 0.4) is 0 Å². The molecule has 2 aromatic rings. The topological polar surface area (TPSA) is 62.6 Å². The maximum Gasteiger partial charge on any atom is 0.279 e. The van der Waals surface area contributed by atoms with Gasteiger partial charge in [-0.05, 0) is 55.5 Å². The highest BCUT2D eigenvalue weighted by Crippen LogP contribution is 2.20. The highest BCUT2D eigenvalue weighted by Gasteiger charge is 2.16. The van der Waals surface area contributed by atoms with Gasteiger partial charge in [0.2, 0.25) is 0 Å². The average molecular weight is 369 g/mol. The first kappa shape index (κ1) is 20.6. The van der Waals surface area contributed by atoms with Crippen molar-refractivity contribution in [2.45, 2.75) is 34.1 Å². The van der Waals surface area contributed by atoms with Crippen molar-refractivity contribution in [3.05, 3.63) is 58.7 Å². The number of para-hydroxylation sites is 1. The molecule has 0 spiro atoms. The van der Waals surface area contributed by atoms with Crippen LogP contribution in [0.2, 0.25) is 0 Å². The van der Waals surface area contributed by atoms with E-state index in [2.05, 4.69) is 17.6 Å². The Hall–Kier alpha value is -2.66. The van der Waals surface area contributed by atoms with Crippen molar-refractivity contribution in [2.24, 2.45) is 0 Å². The van der Waals surface area contributed by atoms with Gasteiger partial charge in [-0.2, -0.15) is 0 Å². The Morgan fingerprint density at radius 2 is 1.48 bits per heavy atom. The molecule has 0 aliphatic heterocycles. The summed E-state index contributed by atoms with van der Waals surface area (Å²) in [6, 6.07) is 11.9. The fourth-order valence-electron chi connectivity index (χ4n) is 3.08. The molecule has 0 aromatic heterocycles. The maximum atomic E-state index is 12.4. The molecule has 2 aromatic carbocycles. The fraction of sp³-hybridized carbons (Fsp3) is 0.364. The molecule has 144 valence electrons. The van der Waals surface area contributed by atoms with Crippen molar-refractivity contribution >= 4 is 23.2 Å². The summed E-state index contributed by atoms with van der Waals surface area (Å²) in [6.07, 6.45) is 0.859. The molecule has 0 saturated heterocycles. The van der Waals surface area contributed by atoms with Crippen LogP contribution in [0.25, 0.3) is 0 Å². The molecule has 5 nitrogen and oxygen atoms in total. The molecule has 0 radical (unpaired) electrons. The summed E-state index contributed by atoms with van der Waals surface area (Å²) in [6.45, 7) is 8.53. The van der Waals surface area contributed by atoms with Gasteiger partial charge < -0.3 is 15.5 Å². The molecule has 2 amide bonds. The van der Waals surface area contributed by atoms with E-state index >= 15 is 0 Å². The van der Waals surface area contributed by atoms with Gasteiger partial charge in [-0.25, -0.2) is 0 Å². The van der Waals surface area contributed by atoms with Crippen LogP contribution in [-0.4, -0.2) is 32.0 Å². The van der Waals surface area contributed by atoms with E-state index in [9.17, 15) is 9.59 Å². The lowest BCUT2D eigenvalue weighted by molar-refractivity contribution is -0.862. The van der Waals surface area contributed by atoms with Crippen molar-refractivity contribution in [3.63, 3.8) is 0 Å². The third-order valence-corrected chi connectivity index (χ3v) is 4.81. The number of anilines is 2. The highest BCUT2D eigenvalue weighted by molar-refractivity contribution is 5.94. The molecule has 2 rings (SSSR count). The van der Waals surface area contributed by atoms with Gasteiger partial charge in [0.05, 0.1) is 7.05 Å². The summed E-state index contributed by atoms with van der Waals surface area (Å²) in [5.74, 6) is -0.185. The Morgan fingerprint density at radius 1 is 0.889 bits per heavy atom. The summed E-state index contributed by atoms with van der Waals surface area (Å²) in [5.41, 5.74) is 6.08. The molecule has 0 aliphatic rings. The first-order valence-electron chi connectivity index (χ1n) is 9.37. The monoisotopic (exact) mass is 368 g/mol. The van der Waals surface area contributed by atoms with Crippen LogP contribution in [0, 0.1) is 20.8 Å². The smallest absolute Gasteiger partial charge is 0.279 e. The molecule has 1 unspecified atom stereocenters.